The molecule has 0 spiro atoms. The van der Waals surface area contributed by atoms with Gasteiger partial charge in [0.25, 0.3) is 0 Å². The third-order valence-electron chi connectivity index (χ3n) is 4.38. The highest BCUT2D eigenvalue weighted by molar-refractivity contribution is 9.10. The van der Waals surface area contributed by atoms with Gasteiger partial charge in [0, 0.05) is 35.0 Å². The molecule has 2 aromatic carbocycles. The number of carbonyl (C=O) groups is 2. The summed E-state index contributed by atoms with van der Waals surface area (Å²) in [4.78, 5) is 28.2. The predicted molar refractivity (Wildman–Crippen MR) is 105 cm³/mol. The quantitative estimate of drug-likeness (QED) is 0.806. The van der Waals surface area contributed by atoms with E-state index in [1.807, 2.05) is 24.3 Å². The van der Waals surface area contributed by atoms with Crippen molar-refractivity contribution in [2.45, 2.75) is 0 Å². The predicted octanol–water partition coefficient (Wildman–Crippen LogP) is 3.10. The molecule has 3 amide bonds. The summed E-state index contributed by atoms with van der Waals surface area (Å²) in [5, 5.41) is 2.81. The lowest BCUT2D eigenvalue weighted by molar-refractivity contribution is -0.116. The fraction of sp³-hybridized carbons (Fsp3) is 0.263. The molecule has 7 nitrogen and oxygen atoms in total. The lowest BCUT2D eigenvalue weighted by atomic mass is 10.2. The first kappa shape index (κ1) is 17.7. The molecule has 8 heteroatoms. The fourth-order valence-electron chi connectivity index (χ4n) is 3.11. The van der Waals surface area contributed by atoms with Crippen LogP contribution in [-0.2, 0) is 4.79 Å². The van der Waals surface area contributed by atoms with Gasteiger partial charge in [-0.2, -0.15) is 0 Å². The monoisotopic (exact) mass is 431 g/mol. The summed E-state index contributed by atoms with van der Waals surface area (Å²) in [7, 11) is 0. The Kier molecular flexibility index (Phi) is 4.89. The number of hydrogen-bond acceptors (Lipinski definition) is 4. The van der Waals surface area contributed by atoms with Crippen molar-refractivity contribution in [1.82, 2.24) is 4.90 Å². The van der Waals surface area contributed by atoms with E-state index in [0.29, 0.717) is 43.5 Å². The lowest BCUT2D eigenvalue weighted by Gasteiger charge is -2.22. The Balaban J connectivity index is 1.40. The molecule has 4 rings (SSSR count). The van der Waals surface area contributed by atoms with E-state index in [4.69, 9.17) is 9.47 Å². The Bertz CT molecular complexity index is 889. The van der Waals surface area contributed by atoms with Crippen LogP contribution >= 0.6 is 15.9 Å². The fourth-order valence-corrected chi connectivity index (χ4v) is 3.51. The Labute approximate surface area is 165 Å². The largest absolute Gasteiger partial charge is 0.486 e. The van der Waals surface area contributed by atoms with E-state index in [0.717, 1.165) is 10.2 Å². The second kappa shape index (κ2) is 7.48. The number of halogens is 1. The van der Waals surface area contributed by atoms with E-state index in [1.165, 1.54) is 4.90 Å². The number of anilines is 2. The van der Waals surface area contributed by atoms with Gasteiger partial charge in [-0.25, -0.2) is 4.79 Å². The van der Waals surface area contributed by atoms with Crippen molar-refractivity contribution in [3.05, 3.63) is 46.9 Å². The van der Waals surface area contributed by atoms with Crippen molar-refractivity contribution in [2.24, 2.45) is 0 Å². The van der Waals surface area contributed by atoms with Gasteiger partial charge < -0.3 is 19.7 Å². The van der Waals surface area contributed by atoms with Crippen LogP contribution in [0.15, 0.2) is 46.9 Å². The molecule has 0 unspecified atom stereocenters. The maximum absolute atomic E-state index is 12.7. The van der Waals surface area contributed by atoms with E-state index in [2.05, 4.69) is 21.2 Å². The normalized spacial score (nSPS) is 15.8. The number of ether oxygens (including phenoxy) is 2. The molecular weight excluding hydrogens is 414 g/mol. The average molecular weight is 432 g/mol. The van der Waals surface area contributed by atoms with Gasteiger partial charge in [-0.15, -0.1) is 0 Å². The molecule has 1 fully saturated rings. The van der Waals surface area contributed by atoms with Crippen LogP contribution < -0.4 is 19.7 Å². The van der Waals surface area contributed by atoms with Gasteiger partial charge in [-0.1, -0.05) is 22.0 Å². The summed E-state index contributed by atoms with van der Waals surface area (Å²) in [6.45, 7) is 2.02. The summed E-state index contributed by atoms with van der Waals surface area (Å²) in [6.07, 6.45) is 0. The Morgan fingerprint density at radius 2 is 1.89 bits per heavy atom. The first-order valence-corrected chi connectivity index (χ1v) is 9.41. The molecule has 0 aromatic heterocycles. The minimum absolute atomic E-state index is 0.00635. The number of carbonyl (C=O) groups excluding carboxylic acids is 2. The molecule has 1 N–H and O–H groups in total. The zero-order chi connectivity index (χ0) is 18.8. The molecule has 1 saturated heterocycles. The van der Waals surface area contributed by atoms with E-state index in [1.54, 1.807) is 23.1 Å². The summed E-state index contributed by atoms with van der Waals surface area (Å²) in [5.74, 6) is 1.09. The molecule has 2 aliphatic heterocycles. The number of urea groups is 1. The van der Waals surface area contributed by atoms with Crippen molar-refractivity contribution >= 4 is 39.2 Å². The lowest BCUT2D eigenvalue weighted by Crippen LogP contribution is -2.37. The first-order valence-electron chi connectivity index (χ1n) is 8.62. The minimum Gasteiger partial charge on any atom is -0.486 e. The SMILES string of the molecule is O=C(CN1CCN(c2ccc3c(c2)OCCO3)C1=O)Nc1cccc(Br)c1. The number of amides is 3. The van der Waals surface area contributed by atoms with E-state index < -0.39 is 0 Å². The molecule has 2 heterocycles. The number of hydrogen-bond donors (Lipinski definition) is 1. The van der Waals surface area contributed by atoms with Gasteiger partial charge >= 0.3 is 6.03 Å². The van der Waals surface area contributed by atoms with Crippen LogP contribution in [0.25, 0.3) is 0 Å². The Hall–Kier alpha value is -2.74. The third kappa shape index (κ3) is 3.85. The van der Waals surface area contributed by atoms with Crippen molar-refractivity contribution in [3.63, 3.8) is 0 Å². The zero-order valence-corrected chi connectivity index (χ0v) is 16.1. The second-order valence-electron chi connectivity index (χ2n) is 6.24. The van der Waals surface area contributed by atoms with Gasteiger partial charge in [0.2, 0.25) is 5.91 Å². The molecule has 2 aliphatic rings. The zero-order valence-electron chi connectivity index (χ0n) is 14.5. The molecule has 0 atom stereocenters. The Morgan fingerprint density at radius 3 is 2.70 bits per heavy atom. The van der Waals surface area contributed by atoms with Crippen molar-refractivity contribution < 1.29 is 19.1 Å². The van der Waals surface area contributed by atoms with E-state index in [-0.39, 0.29) is 18.5 Å². The van der Waals surface area contributed by atoms with Gasteiger partial charge in [-0.05, 0) is 30.3 Å². The number of nitrogens with one attached hydrogen (secondary N) is 1. The summed E-state index contributed by atoms with van der Waals surface area (Å²) >= 11 is 3.37. The standard InChI is InChI=1S/C19H18BrN3O4/c20-13-2-1-3-14(10-13)21-18(24)12-22-6-7-23(19(22)25)15-4-5-16-17(11-15)27-9-8-26-16/h1-5,10-11H,6-9,12H2,(H,21,24). The highest BCUT2D eigenvalue weighted by atomic mass is 79.9. The molecule has 0 radical (unpaired) electrons. The summed E-state index contributed by atoms with van der Waals surface area (Å²) in [6, 6.07) is 12.6. The van der Waals surface area contributed by atoms with E-state index >= 15 is 0 Å². The summed E-state index contributed by atoms with van der Waals surface area (Å²) < 4.78 is 12.0. The van der Waals surface area contributed by atoms with Crippen LogP contribution in [0.4, 0.5) is 16.2 Å². The number of fused-ring (bicyclic) bond motifs is 1. The number of rotatable bonds is 4. The molecular formula is C19H18BrN3O4. The van der Waals surface area contributed by atoms with Crippen LogP contribution in [0.5, 0.6) is 11.5 Å². The van der Waals surface area contributed by atoms with Crippen LogP contribution in [0.3, 0.4) is 0 Å². The van der Waals surface area contributed by atoms with Crippen LogP contribution in [-0.4, -0.2) is 49.7 Å². The molecule has 0 bridgehead atoms. The molecule has 27 heavy (non-hydrogen) atoms. The van der Waals surface area contributed by atoms with Crippen LogP contribution in [0, 0.1) is 0 Å². The maximum Gasteiger partial charge on any atom is 0.325 e. The third-order valence-corrected chi connectivity index (χ3v) is 4.87. The first-order chi connectivity index (χ1) is 13.1. The molecule has 140 valence electrons. The van der Waals surface area contributed by atoms with Crippen molar-refractivity contribution in [3.8, 4) is 11.5 Å². The maximum atomic E-state index is 12.7. The smallest absolute Gasteiger partial charge is 0.325 e. The molecule has 0 aliphatic carbocycles. The van der Waals surface area contributed by atoms with Crippen molar-refractivity contribution in [2.75, 3.05) is 43.1 Å². The second-order valence-corrected chi connectivity index (χ2v) is 7.16. The molecule has 2 aromatic rings. The minimum atomic E-state index is -0.231. The van der Waals surface area contributed by atoms with Crippen LogP contribution in [0.2, 0.25) is 0 Å². The van der Waals surface area contributed by atoms with Gasteiger partial charge in [0.15, 0.2) is 11.5 Å². The number of nitrogens with zero attached hydrogens (tertiary/aromatic N) is 2. The highest BCUT2D eigenvalue weighted by Gasteiger charge is 2.31. The van der Waals surface area contributed by atoms with E-state index in [9.17, 15) is 9.59 Å². The van der Waals surface area contributed by atoms with Gasteiger partial charge in [0.1, 0.15) is 19.8 Å². The van der Waals surface area contributed by atoms with Crippen LogP contribution in [0.1, 0.15) is 0 Å². The highest BCUT2D eigenvalue weighted by Crippen LogP contribution is 2.35. The van der Waals surface area contributed by atoms with Crippen molar-refractivity contribution in [1.29, 1.82) is 0 Å². The number of benzene rings is 2. The average Bonchev–Trinajstić information content (AvgIpc) is 3.01. The molecule has 0 saturated carbocycles. The Morgan fingerprint density at radius 1 is 1.07 bits per heavy atom. The summed E-state index contributed by atoms with van der Waals surface area (Å²) in [5.41, 5.74) is 1.42. The van der Waals surface area contributed by atoms with Gasteiger partial charge in [-0.3, -0.25) is 9.69 Å². The topological polar surface area (TPSA) is 71.1 Å². The van der Waals surface area contributed by atoms with Gasteiger partial charge in [0.05, 0.1) is 0 Å².